The highest BCUT2D eigenvalue weighted by Gasteiger charge is 2.36. The Morgan fingerprint density at radius 3 is 2.64 bits per heavy atom. The van der Waals surface area contributed by atoms with Crippen LogP contribution in [0.15, 0.2) is 59.0 Å². The number of rotatable bonds is 5. The Morgan fingerprint density at radius 1 is 1.14 bits per heavy atom. The number of benzene rings is 2. The number of hydrogen-bond acceptors (Lipinski definition) is 6. The van der Waals surface area contributed by atoms with Crippen LogP contribution >= 0.6 is 0 Å². The highest BCUT2D eigenvalue weighted by molar-refractivity contribution is 5.99. The second-order valence-corrected chi connectivity index (χ2v) is 6.72. The molecule has 0 bridgehead atoms. The van der Waals surface area contributed by atoms with E-state index in [9.17, 15) is 9.59 Å². The van der Waals surface area contributed by atoms with Gasteiger partial charge in [-0.25, -0.2) is 0 Å². The van der Waals surface area contributed by atoms with Crippen LogP contribution in [-0.2, 0) is 20.9 Å². The molecule has 1 aromatic heterocycles. The van der Waals surface area contributed by atoms with Crippen molar-refractivity contribution in [3.8, 4) is 11.5 Å². The molecule has 0 saturated carbocycles. The summed E-state index contributed by atoms with van der Waals surface area (Å²) in [5.41, 5.74) is 2.71. The monoisotopic (exact) mass is 377 g/mol. The number of para-hydroxylation sites is 1. The number of ether oxygens (including phenoxy) is 1. The van der Waals surface area contributed by atoms with E-state index in [4.69, 9.17) is 9.15 Å². The van der Waals surface area contributed by atoms with Gasteiger partial charge in [-0.1, -0.05) is 35.9 Å². The minimum Gasteiger partial charge on any atom is -0.455 e. The topological polar surface area (TPSA) is 85.5 Å². The number of hydrogen-bond donors (Lipinski definition) is 0. The van der Waals surface area contributed by atoms with Crippen LogP contribution in [0, 0.1) is 12.8 Å². The van der Waals surface area contributed by atoms with Gasteiger partial charge in [-0.15, -0.1) is 10.2 Å². The minimum absolute atomic E-state index is 0.0902. The zero-order chi connectivity index (χ0) is 19.5. The smallest absolute Gasteiger partial charge is 0.311 e. The largest absolute Gasteiger partial charge is 0.455 e. The predicted molar refractivity (Wildman–Crippen MR) is 101 cm³/mol. The van der Waals surface area contributed by atoms with E-state index in [0.717, 1.165) is 16.8 Å². The molecule has 7 heteroatoms. The van der Waals surface area contributed by atoms with Gasteiger partial charge in [-0.3, -0.25) is 9.59 Å². The number of carbonyl (C=O) groups is 2. The maximum absolute atomic E-state index is 12.4. The molecule has 7 nitrogen and oxygen atoms in total. The summed E-state index contributed by atoms with van der Waals surface area (Å²) in [5.74, 6) is -0.452. The molecular weight excluding hydrogens is 358 g/mol. The average Bonchev–Trinajstić information content (AvgIpc) is 3.34. The van der Waals surface area contributed by atoms with Crippen LogP contribution in [0.4, 0.5) is 5.69 Å². The molecule has 1 saturated heterocycles. The molecule has 2 heterocycles. The van der Waals surface area contributed by atoms with Crippen LogP contribution < -0.4 is 4.90 Å². The van der Waals surface area contributed by atoms with Crippen LogP contribution in [0.2, 0.25) is 0 Å². The average molecular weight is 377 g/mol. The molecular formula is C21H19N3O4. The summed E-state index contributed by atoms with van der Waals surface area (Å²) in [6, 6.07) is 17.0. The molecule has 2 aromatic carbocycles. The Morgan fingerprint density at radius 2 is 1.89 bits per heavy atom. The van der Waals surface area contributed by atoms with E-state index in [1.54, 1.807) is 4.90 Å². The molecule has 28 heavy (non-hydrogen) atoms. The quantitative estimate of drug-likeness (QED) is 0.635. The number of aromatic nitrogens is 2. The third kappa shape index (κ3) is 3.78. The van der Waals surface area contributed by atoms with Crippen molar-refractivity contribution < 1.29 is 18.7 Å². The van der Waals surface area contributed by atoms with E-state index in [0.29, 0.717) is 12.4 Å². The third-order valence-electron chi connectivity index (χ3n) is 4.63. The molecule has 0 spiro atoms. The van der Waals surface area contributed by atoms with Crippen molar-refractivity contribution in [2.75, 3.05) is 11.4 Å². The lowest BCUT2D eigenvalue weighted by atomic mass is 10.1. The second kappa shape index (κ2) is 7.64. The van der Waals surface area contributed by atoms with E-state index in [1.165, 1.54) is 0 Å². The zero-order valence-corrected chi connectivity index (χ0v) is 15.4. The Kier molecular flexibility index (Phi) is 4.89. The fourth-order valence-electron chi connectivity index (χ4n) is 3.10. The first-order valence-corrected chi connectivity index (χ1v) is 9.01. The maximum Gasteiger partial charge on any atom is 0.311 e. The van der Waals surface area contributed by atoms with Gasteiger partial charge >= 0.3 is 5.97 Å². The van der Waals surface area contributed by atoms with Gasteiger partial charge in [-0.2, -0.15) is 0 Å². The summed E-state index contributed by atoms with van der Waals surface area (Å²) in [7, 11) is 0. The first kappa shape index (κ1) is 17.9. The van der Waals surface area contributed by atoms with E-state index in [2.05, 4.69) is 10.2 Å². The fourth-order valence-corrected chi connectivity index (χ4v) is 3.10. The molecule has 0 aliphatic carbocycles. The molecule has 1 fully saturated rings. The normalized spacial score (nSPS) is 16.4. The lowest BCUT2D eigenvalue weighted by Crippen LogP contribution is -2.26. The van der Waals surface area contributed by atoms with Gasteiger partial charge < -0.3 is 14.1 Å². The molecule has 1 atom stereocenters. The number of nitrogens with zero attached hydrogens (tertiary/aromatic N) is 3. The summed E-state index contributed by atoms with van der Waals surface area (Å²) in [5, 5.41) is 7.90. The predicted octanol–water partition coefficient (Wildman–Crippen LogP) is 3.14. The lowest BCUT2D eigenvalue weighted by Gasteiger charge is -2.16. The van der Waals surface area contributed by atoms with Crippen LogP contribution in [0.25, 0.3) is 11.5 Å². The van der Waals surface area contributed by atoms with Crippen LogP contribution in [0.5, 0.6) is 0 Å². The first-order chi connectivity index (χ1) is 13.6. The van der Waals surface area contributed by atoms with Crippen molar-refractivity contribution in [3.05, 3.63) is 66.1 Å². The number of anilines is 1. The zero-order valence-electron chi connectivity index (χ0n) is 15.4. The molecule has 0 radical (unpaired) electrons. The molecule has 142 valence electrons. The van der Waals surface area contributed by atoms with Gasteiger partial charge in [0.25, 0.3) is 5.89 Å². The summed E-state index contributed by atoms with van der Waals surface area (Å²) in [6.45, 7) is 2.18. The van der Waals surface area contributed by atoms with Gasteiger partial charge in [0.2, 0.25) is 11.8 Å². The molecule has 1 aliphatic heterocycles. The lowest BCUT2D eigenvalue weighted by molar-refractivity contribution is -0.150. The van der Waals surface area contributed by atoms with Crippen molar-refractivity contribution in [3.63, 3.8) is 0 Å². The van der Waals surface area contributed by atoms with Gasteiger partial charge in [0.05, 0.1) is 5.92 Å². The summed E-state index contributed by atoms with van der Waals surface area (Å²) >= 11 is 0. The highest BCUT2D eigenvalue weighted by atomic mass is 16.5. The first-order valence-electron chi connectivity index (χ1n) is 9.01. The van der Waals surface area contributed by atoms with Crippen LogP contribution in [0.1, 0.15) is 17.9 Å². The SMILES string of the molecule is Cc1ccc(-c2nnc(COC(=O)C3CC(=O)N(c4ccccc4)C3)o2)cc1. The molecule has 1 unspecified atom stereocenters. The van der Waals surface area contributed by atoms with Gasteiger partial charge in [-0.05, 0) is 31.2 Å². The van der Waals surface area contributed by atoms with Crippen LogP contribution in [-0.4, -0.2) is 28.6 Å². The minimum atomic E-state index is -0.507. The summed E-state index contributed by atoms with van der Waals surface area (Å²) < 4.78 is 10.9. The number of aryl methyl sites for hydroxylation is 1. The summed E-state index contributed by atoms with van der Waals surface area (Å²) in [4.78, 5) is 26.2. The van der Waals surface area contributed by atoms with E-state index in [-0.39, 0.29) is 24.8 Å². The third-order valence-corrected chi connectivity index (χ3v) is 4.63. The highest BCUT2D eigenvalue weighted by Crippen LogP contribution is 2.26. The standard InChI is InChI=1S/C21H19N3O4/c1-14-7-9-15(10-8-14)20-23-22-18(28-20)13-27-21(26)16-11-19(25)24(12-16)17-5-3-2-4-6-17/h2-10,16H,11-13H2,1H3. The van der Waals surface area contributed by atoms with Gasteiger partial charge in [0.15, 0.2) is 6.61 Å². The molecule has 1 aliphatic rings. The van der Waals surface area contributed by atoms with E-state index >= 15 is 0 Å². The van der Waals surface area contributed by atoms with Gasteiger partial charge in [0.1, 0.15) is 0 Å². The fraction of sp³-hybridized carbons (Fsp3) is 0.238. The van der Waals surface area contributed by atoms with Crippen molar-refractivity contribution in [2.45, 2.75) is 20.0 Å². The number of carbonyl (C=O) groups excluding carboxylic acids is 2. The van der Waals surface area contributed by atoms with Crippen molar-refractivity contribution in [2.24, 2.45) is 5.92 Å². The maximum atomic E-state index is 12.4. The second-order valence-electron chi connectivity index (χ2n) is 6.72. The summed E-state index contributed by atoms with van der Waals surface area (Å²) in [6.07, 6.45) is 0.131. The number of amides is 1. The van der Waals surface area contributed by atoms with Crippen molar-refractivity contribution in [1.29, 1.82) is 0 Å². The van der Waals surface area contributed by atoms with Crippen molar-refractivity contribution >= 4 is 17.6 Å². The number of esters is 1. The molecule has 1 amide bonds. The molecule has 4 rings (SSSR count). The van der Waals surface area contributed by atoms with E-state index < -0.39 is 11.9 Å². The molecule has 0 N–H and O–H groups in total. The Balaban J connectivity index is 1.35. The Labute approximate surface area is 161 Å². The Bertz CT molecular complexity index is 982. The van der Waals surface area contributed by atoms with Crippen LogP contribution in [0.3, 0.4) is 0 Å². The van der Waals surface area contributed by atoms with Crippen molar-refractivity contribution in [1.82, 2.24) is 10.2 Å². The Hall–Kier alpha value is -3.48. The van der Waals surface area contributed by atoms with Gasteiger partial charge in [0, 0.05) is 24.2 Å². The molecule has 3 aromatic rings. The van der Waals surface area contributed by atoms with E-state index in [1.807, 2.05) is 61.5 Å².